The normalized spacial score (nSPS) is 16.6. The molecule has 4 heteroatoms. The van der Waals surface area contributed by atoms with Crippen LogP contribution in [0.2, 0.25) is 0 Å². The summed E-state index contributed by atoms with van der Waals surface area (Å²) in [6, 6.07) is 1.94. The topological polar surface area (TPSA) is 44.5 Å². The van der Waals surface area contributed by atoms with Crippen LogP contribution in [0.4, 0.5) is 0 Å². The lowest BCUT2D eigenvalue weighted by atomic mass is 9.92. The van der Waals surface area contributed by atoms with Crippen molar-refractivity contribution in [2.45, 2.75) is 39.2 Å². The average molecular weight is 314 g/mol. The van der Waals surface area contributed by atoms with Crippen LogP contribution in [0.15, 0.2) is 10.5 Å². The second-order valence-corrected chi connectivity index (χ2v) is 5.86. The van der Waals surface area contributed by atoms with E-state index in [4.69, 9.17) is 15.2 Å². The summed E-state index contributed by atoms with van der Waals surface area (Å²) in [6.45, 7) is 7.71. The van der Waals surface area contributed by atoms with E-state index in [1.54, 1.807) is 0 Å². The van der Waals surface area contributed by atoms with Gasteiger partial charge in [-0.05, 0) is 24.5 Å². The van der Waals surface area contributed by atoms with Crippen LogP contribution in [-0.2, 0) is 0 Å². The van der Waals surface area contributed by atoms with Crippen molar-refractivity contribution in [3.63, 3.8) is 0 Å². The third-order valence-electron chi connectivity index (χ3n) is 3.10. The van der Waals surface area contributed by atoms with E-state index >= 15 is 0 Å². The minimum Gasteiger partial charge on any atom is -0.490 e. The van der Waals surface area contributed by atoms with Gasteiger partial charge in [0.15, 0.2) is 11.5 Å². The highest BCUT2D eigenvalue weighted by molar-refractivity contribution is 9.10. The molecule has 0 bridgehead atoms. The van der Waals surface area contributed by atoms with Crippen molar-refractivity contribution >= 4 is 15.9 Å². The minimum atomic E-state index is -0.0334. The molecule has 0 saturated carbocycles. The van der Waals surface area contributed by atoms with Crippen LogP contribution < -0.4 is 15.2 Å². The van der Waals surface area contributed by atoms with Crippen LogP contribution >= 0.6 is 15.9 Å². The zero-order chi connectivity index (χ0) is 13.3. The molecule has 3 nitrogen and oxygen atoms in total. The summed E-state index contributed by atoms with van der Waals surface area (Å²) in [5.74, 6) is 2.05. The van der Waals surface area contributed by atoms with Crippen molar-refractivity contribution in [1.29, 1.82) is 0 Å². The van der Waals surface area contributed by atoms with E-state index in [9.17, 15) is 0 Å². The molecule has 0 amide bonds. The van der Waals surface area contributed by atoms with Gasteiger partial charge in [0.05, 0.1) is 13.2 Å². The Hall–Kier alpha value is -0.740. The maximum Gasteiger partial charge on any atom is 0.165 e. The van der Waals surface area contributed by atoms with E-state index in [1.807, 2.05) is 13.0 Å². The first-order chi connectivity index (χ1) is 8.52. The lowest BCUT2D eigenvalue weighted by molar-refractivity contribution is 0.295. The van der Waals surface area contributed by atoms with E-state index in [2.05, 4.69) is 29.8 Å². The lowest BCUT2D eigenvalue weighted by Gasteiger charge is -2.22. The van der Waals surface area contributed by atoms with Gasteiger partial charge in [-0.1, -0.05) is 29.8 Å². The number of halogens is 1. The van der Waals surface area contributed by atoms with Gasteiger partial charge in [0, 0.05) is 22.5 Å². The number of hydrogen-bond donors (Lipinski definition) is 1. The summed E-state index contributed by atoms with van der Waals surface area (Å²) in [5.41, 5.74) is 8.38. The molecular formula is C14H20BrNO2. The van der Waals surface area contributed by atoms with Crippen LogP contribution in [-0.4, -0.2) is 13.2 Å². The number of benzene rings is 1. The van der Waals surface area contributed by atoms with Gasteiger partial charge < -0.3 is 15.2 Å². The number of fused-ring (bicyclic) bond motifs is 1. The molecular weight excluding hydrogens is 294 g/mol. The summed E-state index contributed by atoms with van der Waals surface area (Å²) in [5, 5.41) is 0. The van der Waals surface area contributed by atoms with Gasteiger partial charge in [0.2, 0.25) is 0 Å². The summed E-state index contributed by atoms with van der Waals surface area (Å²) in [7, 11) is 0. The highest BCUT2D eigenvalue weighted by Gasteiger charge is 2.24. The molecule has 2 rings (SSSR count). The zero-order valence-corrected chi connectivity index (χ0v) is 12.7. The Labute approximate surface area is 117 Å². The van der Waals surface area contributed by atoms with Crippen LogP contribution in [0.5, 0.6) is 11.5 Å². The van der Waals surface area contributed by atoms with E-state index in [1.165, 1.54) is 0 Å². The number of hydrogen-bond acceptors (Lipinski definition) is 3. The Morgan fingerprint density at radius 1 is 1.17 bits per heavy atom. The number of nitrogens with two attached hydrogens (primary N) is 1. The molecule has 0 spiro atoms. The predicted octanol–water partition coefficient (Wildman–Crippen LogP) is 3.75. The molecule has 1 unspecified atom stereocenters. The molecule has 1 aliphatic heterocycles. The molecule has 1 atom stereocenters. The molecule has 0 aliphatic carbocycles. The maximum atomic E-state index is 6.10. The van der Waals surface area contributed by atoms with E-state index in [0.717, 1.165) is 33.5 Å². The van der Waals surface area contributed by atoms with Crippen molar-refractivity contribution in [3.8, 4) is 11.5 Å². The fourth-order valence-electron chi connectivity index (χ4n) is 2.35. The van der Waals surface area contributed by atoms with Crippen LogP contribution in [0, 0.1) is 0 Å². The number of ether oxygens (including phenoxy) is 2. The van der Waals surface area contributed by atoms with Gasteiger partial charge in [-0.15, -0.1) is 0 Å². The molecule has 2 N–H and O–H groups in total. The van der Waals surface area contributed by atoms with Crippen molar-refractivity contribution in [2.75, 3.05) is 13.2 Å². The molecule has 1 aromatic rings. The standard InChI is InChI=1S/C14H20BrNO2/c1-8(2)12-13(9(3)16)10(15)7-11-14(12)18-6-4-5-17-11/h7-9H,4-6,16H2,1-3H3. The Balaban J connectivity index is 2.66. The molecule has 0 saturated heterocycles. The van der Waals surface area contributed by atoms with Crippen LogP contribution in [0.25, 0.3) is 0 Å². The van der Waals surface area contributed by atoms with Crippen molar-refractivity contribution < 1.29 is 9.47 Å². The third-order valence-corrected chi connectivity index (χ3v) is 3.76. The SMILES string of the molecule is CC(C)c1c2c(cc(Br)c1C(C)N)OCCCO2. The summed E-state index contributed by atoms with van der Waals surface area (Å²) < 4.78 is 12.6. The molecule has 0 fully saturated rings. The van der Waals surface area contributed by atoms with Crippen molar-refractivity contribution in [3.05, 3.63) is 21.7 Å². The monoisotopic (exact) mass is 313 g/mol. The Morgan fingerprint density at radius 3 is 2.44 bits per heavy atom. The maximum absolute atomic E-state index is 6.10. The predicted molar refractivity (Wildman–Crippen MR) is 76.4 cm³/mol. The van der Waals surface area contributed by atoms with E-state index in [0.29, 0.717) is 19.1 Å². The van der Waals surface area contributed by atoms with E-state index in [-0.39, 0.29) is 6.04 Å². The summed E-state index contributed by atoms with van der Waals surface area (Å²) in [6.07, 6.45) is 0.914. The smallest absolute Gasteiger partial charge is 0.165 e. The molecule has 100 valence electrons. The first-order valence-electron chi connectivity index (χ1n) is 6.39. The number of rotatable bonds is 2. The summed E-state index contributed by atoms with van der Waals surface area (Å²) >= 11 is 3.61. The highest BCUT2D eigenvalue weighted by atomic mass is 79.9. The van der Waals surface area contributed by atoms with Gasteiger partial charge in [0.25, 0.3) is 0 Å². The van der Waals surface area contributed by atoms with Crippen molar-refractivity contribution in [1.82, 2.24) is 0 Å². The first-order valence-corrected chi connectivity index (χ1v) is 7.19. The molecule has 1 aromatic carbocycles. The van der Waals surface area contributed by atoms with E-state index < -0.39 is 0 Å². The average Bonchev–Trinajstić information content (AvgIpc) is 2.51. The second kappa shape index (κ2) is 5.49. The van der Waals surface area contributed by atoms with Gasteiger partial charge in [-0.2, -0.15) is 0 Å². The van der Waals surface area contributed by atoms with Gasteiger partial charge in [0.1, 0.15) is 0 Å². The van der Waals surface area contributed by atoms with Crippen LogP contribution in [0.3, 0.4) is 0 Å². The first kappa shape index (κ1) is 13.7. The fourth-order valence-corrected chi connectivity index (χ4v) is 3.13. The minimum absolute atomic E-state index is 0.0334. The zero-order valence-electron chi connectivity index (χ0n) is 11.1. The van der Waals surface area contributed by atoms with Gasteiger partial charge in [-0.3, -0.25) is 0 Å². The third kappa shape index (κ3) is 2.50. The molecule has 0 aromatic heterocycles. The summed E-state index contributed by atoms with van der Waals surface area (Å²) in [4.78, 5) is 0. The quantitative estimate of drug-likeness (QED) is 0.904. The molecule has 1 aliphatic rings. The Morgan fingerprint density at radius 2 is 1.83 bits per heavy atom. The molecule has 0 radical (unpaired) electrons. The molecule has 18 heavy (non-hydrogen) atoms. The van der Waals surface area contributed by atoms with Crippen molar-refractivity contribution in [2.24, 2.45) is 5.73 Å². The van der Waals surface area contributed by atoms with Crippen LogP contribution in [0.1, 0.15) is 50.3 Å². The second-order valence-electron chi connectivity index (χ2n) is 5.01. The highest BCUT2D eigenvalue weighted by Crippen LogP contribution is 2.44. The lowest BCUT2D eigenvalue weighted by Crippen LogP contribution is -2.12. The molecule has 1 heterocycles. The fraction of sp³-hybridized carbons (Fsp3) is 0.571. The van der Waals surface area contributed by atoms with Gasteiger partial charge >= 0.3 is 0 Å². The van der Waals surface area contributed by atoms with Gasteiger partial charge in [-0.25, -0.2) is 0 Å². The Kier molecular flexibility index (Phi) is 4.17. The Bertz CT molecular complexity index is 444. The largest absolute Gasteiger partial charge is 0.490 e.